The number of hydrogen-bond donors (Lipinski definition) is 1. The number of likely N-dealkylation sites (tertiary alicyclic amines) is 1. The molecule has 1 heterocycles. The molecule has 3 aromatic carbocycles. The lowest BCUT2D eigenvalue weighted by atomic mass is 9.72. The average molecular weight is 549 g/mol. The van der Waals surface area contributed by atoms with Gasteiger partial charge < -0.3 is 5.11 Å². The zero-order valence-electron chi connectivity index (χ0n) is 18.8. The van der Waals surface area contributed by atoms with Crippen molar-refractivity contribution in [1.82, 2.24) is 4.90 Å². The van der Waals surface area contributed by atoms with Crippen molar-refractivity contribution < 1.29 is 18.7 Å². The molecule has 0 spiro atoms. The number of aromatic carboxylic acids is 1. The lowest BCUT2D eigenvalue weighted by molar-refractivity contribution is 0.00807. The van der Waals surface area contributed by atoms with Crippen molar-refractivity contribution in [3.63, 3.8) is 0 Å². The summed E-state index contributed by atoms with van der Waals surface area (Å²) < 4.78 is 30.1. The molecule has 0 aromatic heterocycles. The molecule has 0 radical (unpaired) electrons. The largest absolute Gasteiger partial charge is 0.478 e. The second kappa shape index (κ2) is 9.76. The van der Waals surface area contributed by atoms with E-state index in [1.807, 2.05) is 18.2 Å². The zero-order valence-corrected chi connectivity index (χ0v) is 21.2. The number of hydrogen-bond acceptors (Lipinski definition) is 2. The van der Waals surface area contributed by atoms with Gasteiger partial charge in [-0.05, 0) is 78.9 Å². The summed E-state index contributed by atoms with van der Waals surface area (Å²) in [6, 6.07) is 18.7. The smallest absolute Gasteiger partial charge is 0.335 e. The van der Waals surface area contributed by atoms with Crippen LogP contribution in [-0.4, -0.2) is 34.7 Å². The van der Waals surface area contributed by atoms with E-state index in [2.05, 4.69) is 20.8 Å². The summed E-state index contributed by atoms with van der Waals surface area (Å²) in [5.74, 6) is -1.92. The van der Waals surface area contributed by atoms with Crippen LogP contribution in [0.4, 0.5) is 8.78 Å². The van der Waals surface area contributed by atoms with Gasteiger partial charge >= 0.3 is 5.97 Å². The van der Waals surface area contributed by atoms with E-state index < -0.39 is 23.4 Å². The molecule has 0 bridgehead atoms. The van der Waals surface area contributed by atoms with E-state index >= 15 is 4.39 Å². The first-order chi connectivity index (χ1) is 16.0. The lowest BCUT2D eigenvalue weighted by Crippen LogP contribution is -2.53. The number of halogens is 4. The van der Waals surface area contributed by atoms with Crippen molar-refractivity contribution in [3.8, 4) is 0 Å². The summed E-state index contributed by atoms with van der Waals surface area (Å²) >= 11 is 9.42. The highest BCUT2D eigenvalue weighted by Gasteiger charge is 2.45. The van der Waals surface area contributed by atoms with Gasteiger partial charge in [0.25, 0.3) is 0 Å². The van der Waals surface area contributed by atoms with Crippen molar-refractivity contribution in [2.24, 2.45) is 5.92 Å². The molecule has 34 heavy (non-hydrogen) atoms. The maximum Gasteiger partial charge on any atom is 0.335 e. The molecule has 1 fully saturated rings. The van der Waals surface area contributed by atoms with Gasteiger partial charge in [-0.1, -0.05) is 51.8 Å². The van der Waals surface area contributed by atoms with Crippen LogP contribution in [0.3, 0.4) is 0 Å². The van der Waals surface area contributed by atoms with E-state index in [1.165, 1.54) is 26.0 Å². The molecule has 3 aromatic rings. The molecular weight excluding hydrogens is 524 g/mol. The molecule has 0 unspecified atom stereocenters. The summed E-state index contributed by atoms with van der Waals surface area (Å²) in [6.45, 7) is 4.23. The maximum atomic E-state index is 15.4. The summed E-state index contributed by atoms with van der Waals surface area (Å²) in [7, 11) is 0. The maximum absolute atomic E-state index is 15.4. The number of carbonyl (C=O) groups is 1. The van der Waals surface area contributed by atoms with Gasteiger partial charge in [-0.25, -0.2) is 13.6 Å². The topological polar surface area (TPSA) is 40.5 Å². The molecule has 4 rings (SSSR count). The molecule has 0 amide bonds. The third-order valence-electron chi connectivity index (χ3n) is 6.39. The van der Waals surface area contributed by atoms with Crippen LogP contribution in [0.25, 0.3) is 0 Å². The predicted octanol–water partition coefficient (Wildman–Crippen LogP) is 7.49. The fourth-order valence-electron chi connectivity index (χ4n) is 5.06. The molecular formula is C27H25BrClF2NO2. The Hall–Kier alpha value is -2.28. The van der Waals surface area contributed by atoms with Gasteiger partial charge in [0.2, 0.25) is 0 Å². The first kappa shape index (κ1) is 24.8. The monoisotopic (exact) mass is 547 g/mol. The predicted molar refractivity (Wildman–Crippen MR) is 134 cm³/mol. The van der Waals surface area contributed by atoms with Crippen molar-refractivity contribution in [1.29, 1.82) is 0 Å². The fraction of sp³-hybridized carbons (Fsp3) is 0.296. The fourth-order valence-corrected chi connectivity index (χ4v) is 5.66. The highest BCUT2D eigenvalue weighted by atomic mass is 79.9. The average Bonchev–Trinajstić information content (AvgIpc) is 2.72. The highest BCUT2D eigenvalue weighted by molar-refractivity contribution is 9.10. The number of benzene rings is 3. The van der Waals surface area contributed by atoms with Crippen LogP contribution < -0.4 is 0 Å². The minimum absolute atomic E-state index is 0.0360. The Morgan fingerprint density at radius 1 is 1.06 bits per heavy atom. The Labute approximate surface area is 211 Å². The number of carboxylic acid groups (broad SMARTS) is 1. The van der Waals surface area contributed by atoms with Gasteiger partial charge in [0.1, 0.15) is 11.5 Å². The molecule has 1 aliphatic heterocycles. The van der Waals surface area contributed by atoms with E-state index in [0.29, 0.717) is 28.1 Å². The molecule has 3 nitrogen and oxygen atoms in total. The van der Waals surface area contributed by atoms with Crippen LogP contribution in [0.2, 0.25) is 5.02 Å². The Bertz CT molecular complexity index is 1170. The molecule has 0 aliphatic carbocycles. The molecule has 7 heteroatoms. The zero-order chi connectivity index (χ0) is 24.6. The lowest BCUT2D eigenvalue weighted by Gasteiger charge is -2.50. The minimum atomic E-state index is -1.55. The summed E-state index contributed by atoms with van der Waals surface area (Å²) in [5, 5.41) is 10.1. The van der Waals surface area contributed by atoms with Crippen LogP contribution in [-0.2, 0) is 0 Å². The Balaban J connectivity index is 1.66. The van der Waals surface area contributed by atoms with Crippen molar-refractivity contribution in [2.45, 2.75) is 31.5 Å². The highest BCUT2D eigenvalue weighted by Crippen LogP contribution is 2.46. The van der Waals surface area contributed by atoms with E-state index in [4.69, 9.17) is 11.6 Å². The third-order valence-corrected chi connectivity index (χ3v) is 7.10. The van der Waals surface area contributed by atoms with Crippen LogP contribution in [0.1, 0.15) is 52.9 Å². The SMILES string of the molecule is CC(C)(F)[C@H](c1cc(F)cc(Br)c1)C1CN([C@@H](c2ccc(Cl)cc2)c2cccc(C(=O)O)c2)C1. The van der Waals surface area contributed by atoms with Crippen molar-refractivity contribution in [3.05, 3.63) is 104 Å². The first-order valence-corrected chi connectivity index (χ1v) is 12.2. The van der Waals surface area contributed by atoms with Gasteiger partial charge in [-0.2, -0.15) is 0 Å². The molecule has 1 N–H and O–H groups in total. The Morgan fingerprint density at radius 3 is 2.32 bits per heavy atom. The molecule has 1 saturated heterocycles. The van der Waals surface area contributed by atoms with Gasteiger partial charge in [-0.3, -0.25) is 4.90 Å². The standard InChI is InChI=1S/C27H25BrClF2NO2/c1-27(2,31)24(19-11-21(28)13-23(30)12-19)20-14-32(15-20)25(16-6-8-22(29)9-7-16)17-4-3-5-18(10-17)26(33)34/h3-13,20,24-25H,14-15H2,1-2H3,(H,33,34)/t24-,25+/m1/s1. The van der Waals surface area contributed by atoms with Crippen LogP contribution in [0.5, 0.6) is 0 Å². The van der Waals surface area contributed by atoms with E-state index in [9.17, 15) is 14.3 Å². The van der Waals surface area contributed by atoms with Gasteiger partial charge in [0.15, 0.2) is 0 Å². The van der Waals surface area contributed by atoms with Crippen molar-refractivity contribution >= 4 is 33.5 Å². The number of carboxylic acids is 1. The van der Waals surface area contributed by atoms with Crippen LogP contribution in [0, 0.1) is 11.7 Å². The summed E-state index contributed by atoms with van der Waals surface area (Å²) in [4.78, 5) is 13.8. The summed E-state index contributed by atoms with van der Waals surface area (Å²) in [6.07, 6.45) is 0. The molecule has 178 valence electrons. The minimum Gasteiger partial charge on any atom is -0.478 e. The van der Waals surface area contributed by atoms with E-state index in [0.717, 1.165) is 11.1 Å². The van der Waals surface area contributed by atoms with Gasteiger partial charge in [0.05, 0.1) is 11.6 Å². The molecule has 0 saturated carbocycles. The second-order valence-electron chi connectivity index (χ2n) is 9.34. The van der Waals surface area contributed by atoms with E-state index in [-0.39, 0.29) is 17.5 Å². The van der Waals surface area contributed by atoms with Crippen LogP contribution >= 0.6 is 27.5 Å². The normalized spacial score (nSPS) is 16.6. The Morgan fingerprint density at radius 2 is 1.74 bits per heavy atom. The Kier molecular flexibility index (Phi) is 7.13. The summed E-state index contributed by atoms with van der Waals surface area (Å²) in [5.41, 5.74) is 1.09. The van der Waals surface area contributed by atoms with Crippen molar-refractivity contribution in [2.75, 3.05) is 13.1 Å². The third kappa shape index (κ3) is 5.35. The van der Waals surface area contributed by atoms with Gasteiger partial charge in [0, 0.05) is 28.5 Å². The molecule has 2 atom stereocenters. The van der Waals surface area contributed by atoms with E-state index in [1.54, 1.807) is 36.4 Å². The van der Waals surface area contributed by atoms with Crippen LogP contribution in [0.15, 0.2) is 71.2 Å². The molecule has 1 aliphatic rings. The number of rotatable bonds is 7. The second-order valence-corrected chi connectivity index (χ2v) is 10.7. The quantitative estimate of drug-likeness (QED) is 0.332. The first-order valence-electron chi connectivity index (χ1n) is 11.0. The number of nitrogens with zero attached hydrogens (tertiary/aromatic N) is 1. The number of alkyl halides is 1. The van der Waals surface area contributed by atoms with Gasteiger partial charge in [-0.15, -0.1) is 0 Å².